The third kappa shape index (κ3) is 4.64. The van der Waals surface area contributed by atoms with E-state index >= 15 is 0 Å². The summed E-state index contributed by atoms with van der Waals surface area (Å²) >= 11 is 0. The van der Waals surface area contributed by atoms with Gasteiger partial charge >= 0.3 is 0 Å². The Hall–Kier alpha value is -5.77. The molecule has 2 atom stereocenters. The lowest BCUT2D eigenvalue weighted by molar-refractivity contribution is 0.0953. The number of phenolic OH excluding ortho intramolecular Hbond substituents is 1. The summed E-state index contributed by atoms with van der Waals surface area (Å²) in [6, 6.07) is 14.6. The van der Waals surface area contributed by atoms with Crippen LogP contribution in [0.2, 0.25) is 0 Å². The Morgan fingerprint density at radius 2 is 1.90 bits per heavy atom. The molecule has 0 saturated carbocycles. The maximum absolute atomic E-state index is 12.4. The topological polar surface area (TPSA) is 164 Å². The van der Waals surface area contributed by atoms with Crippen LogP contribution in [0.25, 0.3) is 16.9 Å². The number of carbonyl (C=O) groups is 1. The van der Waals surface area contributed by atoms with Gasteiger partial charge in [0.2, 0.25) is 5.82 Å². The molecule has 2 aliphatic heterocycles. The van der Waals surface area contributed by atoms with Crippen molar-refractivity contribution in [2.45, 2.75) is 18.5 Å². The summed E-state index contributed by atoms with van der Waals surface area (Å²) in [5, 5.41) is 25.6. The number of amides is 1. The number of hydrogen-bond donors (Lipinski definition) is 3. The summed E-state index contributed by atoms with van der Waals surface area (Å²) in [5.41, 5.74) is 9.11. The molecule has 42 heavy (non-hydrogen) atoms. The van der Waals surface area contributed by atoms with E-state index < -0.39 is 0 Å². The number of anilines is 3. The molecule has 0 aliphatic carbocycles. The highest BCUT2D eigenvalue weighted by Gasteiger charge is 2.44. The van der Waals surface area contributed by atoms with Gasteiger partial charge in [-0.05, 0) is 42.7 Å². The fraction of sp³-hybridized carbons (Fsp3) is 0.207. The summed E-state index contributed by atoms with van der Waals surface area (Å²) in [5.74, 6) is 7.21. The van der Waals surface area contributed by atoms with Crippen molar-refractivity contribution in [3.63, 3.8) is 0 Å². The number of nitrogens with zero attached hydrogens (tertiary/aromatic N) is 9. The van der Waals surface area contributed by atoms with Gasteiger partial charge in [0.15, 0.2) is 17.2 Å². The second-order valence-electron chi connectivity index (χ2n) is 10.0. The van der Waals surface area contributed by atoms with E-state index in [1.165, 1.54) is 0 Å². The maximum atomic E-state index is 12.4. The molecule has 2 aliphatic rings. The van der Waals surface area contributed by atoms with Crippen molar-refractivity contribution in [1.29, 1.82) is 0 Å². The molecule has 6 heterocycles. The van der Waals surface area contributed by atoms with Crippen molar-refractivity contribution in [3.05, 3.63) is 78.6 Å². The molecule has 7 rings (SSSR count). The standard InChI is InChI=1S/C29H25N11O2/c30-28-23(14-21(35-36-28)20-5-1-2-6-24(20)41)38-16-19-13-18(38)17-39(19)26-8-11-31-25(34-26)7-3-9-33-29(42)22-15-27-32-10-4-12-40(27)37-22/h1-2,4-6,8,10-12,14-15,18-19,41H,9,13,16-17H2,(H2,30,36)(H,33,42)/t18-,19-/m0/s1. The molecule has 4 N–H and O–H groups in total. The fourth-order valence-corrected chi connectivity index (χ4v) is 5.53. The van der Waals surface area contributed by atoms with E-state index in [0.717, 1.165) is 31.0 Å². The first kappa shape index (κ1) is 25.2. The minimum absolute atomic E-state index is 0.126. The number of nitrogen functional groups attached to an aromatic ring is 1. The molecule has 13 heteroatoms. The summed E-state index contributed by atoms with van der Waals surface area (Å²) in [4.78, 5) is 30.1. The number of para-hydroxylation sites is 1. The Bertz CT molecular complexity index is 1850. The zero-order valence-electron chi connectivity index (χ0n) is 22.3. The van der Waals surface area contributed by atoms with Crippen molar-refractivity contribution in [3.8, 4) is 28.8 Å². The monoisotopic (exact) mass is 559 g/mol. The first-order valence-corrected chi connectivity index (χ1v) is 13.4. The van der Waals surface area contributed by atoms with Gasteiger partial charge in [-0.1, -0.05) is 18.1 Å². The third-order valence-corrected chi connectivity index (χ3v) is 7.47. The van der Waals surface area contributed by atoms with E-state index in [-0.39, 0.29) is 36.0 Å². The molecular formula is C29H25N11O2. The fourth-order valence-electron chi connectivity index (χ4n) is 5.53. The number of aromatic hydroxyl groups is 1. The number of benzene rings is 1. The number of phenols is 1. The van der Waals surface area contributed by atoms with E-state index in [1.807, 2.05) is 18.2 Å². The van der Waals surface area contributed by atoms with Gasteiger partial charge in [-0.15, -0.1) is 10.2 Å². The largest absolute Gasteiger partial charge is 0.507 e. The van der Waals surface area contributed by atoms with Crippen LogP contribution in [0.1, 0.15) is 22.7 Å². The molecule has 2 saturated heterocycles. The van der Waals surface area contributed by atoms with E-state index in [2.05, 4.69) is 57.2 Å². The highest BCUT2D eigenvalue weighted by atomic mass is 16.3. The maximum Gasteiger partial charge on any atom is 0.272 e. The first-order valence-electron chi connectivity index (χ1n) is 13.4. The van der Waals surface area contributed by atoms with Crippen LogP contribution in [-0.2, 0) is 0 Å². The summed E-state index contributed by atoms with van der Waals surface area (Å²) in [7, 11) is 0. The zero-order chi connectivity index (χ0) is 28.6. The Morgan fingerprint density at radius 3 is 2.74 bits per heavy atom. The first-order chi connectivity index (χ1) is 20.5. The molecule has 0 unspecified atom stereocenters. The molecule has 0 spiro atoms. The lowest BCUT2D eigenvalue weighted by Gasteiger charge is -2.36. The Balaban J connectivity index is 1.01. The minimum atomic E-state index is -0.333. The quantitative estimate of drug-likeness (QED) is 0.268. The van der Waals surface area contributed by atoms with Gasteiger partial charge in [-0.25, -0.2) is 19.5 Å². The highest BCUT2D eigenvalue weighted by molar-refractivity contribution is 5.93. The van der Waals surface area contributed by atoms with E-state index in [4.69, 9.17) is 5.73 Å². The van der Waals surface area contributed by atoms with Crippen molar-refractivity contribution in [2.24, 2.45) is 0 Å². The highest BCUT2D eigenvalue weighted by Crippen LogP contribution is 2.39. The molecule has 5 aromatic rings. The lowest BCUT2D eigenvalue weighted by Crippen LogP contribution is -2.47. The predicted octanol–water partition coefficient (Wildman–Crippen LogP) is 1.51. The minimum Gasteiger partial charge on any atom is -0.507 e. The molecule has 4 aromatic heterocycles. The number of rotatable bonds is 5. The normalized spacial score (nSPS) is 17.3. The lowest BCUT2D eigenvalue weighted by atomic mass is 10.1. The average Bonchev–Trinajstić information content (AvgIpc) is 3.75. The summed E-state index contributed by atoms with van der Waals surface area (Å²) < 4.78 is 1.54. The van der Waals surface area contributed by atoms with Crippen LogP contribution in [0.5, 0.6) is 5.75 Å². The molecule has 2 bridgehead atoms. The molecule has 13 nitrogen and oxygen atoms in total. The van der Waals surface area contributed by atoms with Crippen LogP contribution in [0, 0.1) is 11.8 Å². The number of hydrogen-bond acceptors (Lipinski definition) is 11. The smallest absolute Gasteiger partial charge is 0.272 e. The Kier molecular flexibility index (Phi) is 6.20. The average molecular weight is 560 g/mol. The molecule has 1 amide bonds. The van der Waals surface area contributed by atoms with Crippen LogP contribution in [0.3, 0.4) is 0 Å². The van der Waals surface area contributed by atoms with Crippen LogP contribution >= 0.6 is 0 Å². The van der Waals surface area contributed by atoms with Gasteiger partial charge in [-0.2, -0.15) is 5.10 Å². The van der Waals surface area contributed by atoms with Gasteiger partial charge < -0.3 is 26.0 Å². The van der Waals surface area contributed by atoms with Crippen LogP contribution < -0.4 is 20.9 Å². The van der Waals surface area contributed by atoms with E-state index in [9.17, 15) is 9.90 Å². The zero-order valence-corrected chi connectivity index (χ0v) is 22.3. The van der Waals surface area contributed by atoms with Gasteiger partial charge in [0.05, 0.1) is 24.0 Å². The SMILES string of the molecule is Nc1nnc(-c2ccccc2O)cc1N1C[C@@H]2C[C@H]1CN2c1ccnc(C#CCNC(=O)c2cc3ncccn3n2)n1. The number of carbonyl (C=O) groups excluding carboxylic acids is 1. The van der Waals surface area contributed by atoms with Gasteiger partial charge in [0.25, 0.3) is 5.91 Å². The van der Waals surface area contributed by atoms with E-state index in [1.54, 1.807) is 53.4 Å². The molecule has 208 valence electrons. The second kappa shape index (κ2) is 10.3. The second-order valence-corrected chi connectivity index (χ2v) is 10.0. The molecule has 0 radical (unpaired) electrons. The van der Waals surface area contributed by atoms with Crippen LogP contribution in [0.15, 0.2) is 67.1 Å². The number of piperazine rings is 1. The van der Waals surface area contributed by atoms with Crippen LogP contribution in [0.4, 0.5) is 17.3 Å². The summed E-state index contributed by atoms with van der Waals surface area (Å²) in [6.45, 7) is 1.63. The Morgan fingerprint density at radius 1 is 1.05 bits per heavy atom. The van der Waals surface area contributed by atoms with Crippen molar-refractivity contribution < 1.29 is 9.90 Å². The van der Waals surface area contributed by atoms with Crippen molar-refractivity contribution in [1.82, 2.24) is 40.1 Å². The van der Waals surface area contributed by atoms with Gasteiger partial charge in [0.1, 0.15) is 11.6 Å². The van der Waals surface area contributed by atoms with Crippen molar-refractivity contribution in [2.75, 3.05) is 35.2 Å². The predicted molar refractivity (Wildman–Crippen MR) is 155 cm³/mol. The molecular weight excluding hydrogens is 534 g/mol. The van der Waals surface area contributed by atoms with Gasteiger partial charge in [0, 0.05) is 49.4 Å². The molecule has 2 fully saturated rings. The van der Waals surface area contributed by atoms with Crippen molar-refractivity contribution >= 4 is 28.9 Å². The molecule has 1 aromatic carbocycles. The van der Waals surface area contributed by atoms with E-state index in [0.29, 0.717) is 28.5 Å². The summed E-state index contributed by atoms with van der Waals surface area (Å²) in [6.07, 6.45) is 6.02. The number of fused-ring (bicyclic) bond motifs is 3. The number of nitrogens with one attached hydrogen (secondary N) is 1. The van der Waals surface area contributed by atoms with Crippen LogP contribution in [-0.4, -0.2) is 77.5 Å². The Labute approximate surface area is 240 Å². The third-order valence-electron chi connectivity index (χ3n) is 7.47. The number of aromatic nitrogens is 7. The van der Waals surface area contributed by atoms with Gasteiger partial charge in [-0.3, -0.25) is 4.79 Å². The number of nitrogens with two attached hydrogens (primary N) is 1.